The van der Waals surface area contributed by atoms with Gasteiger partial charge in [-0.3, -0.25) is 14.6 Å². The van der Waals surface area contributed by atoms with Crippen molar-refractivity contribution in [2.75, 3.05) is 11.9 Å². The van der Waals surface area contributed by atoms with E-state index in [9.17, 15) is 22.8 Å². The molecule has 14 heteroatoms. The van der Waals surface area contributed by atoms with Crippen LogP contribution in [-0.2, 0) is 10.3 Å². The fourth-order valence-electron chi connectivity index (χ4n) is 4.09. The number of hydrogen-bond acceptors (Lipinski definition) is 8. The lowest BCUT2D eigenvalue weighted by Crippen LogP contribution is -2.58. The van der Waals surface area contributed by atoms with Crippen molar-refractivity contribution in [3.8, 4) is 5.88 Å². The Morgan fingerprint density at radius 2 is 1.85 bits per heavy atom. The first-order valence-corrected chi connectivity index (χ1v) is 13.3. The minimum atomic E-state index is -4.55. The molecule has 1 unspecified atom stereocenters. The molecule has 0 aliphatic carbocycles. The van der Waals surface area contributed by atoms with Crippen LogP contribution < -0.4 is 21.1 Å². The average Bonchev–Trinajstić information content (AvgIpc) is 2.86. The maximum absolute atomic E-state index is 15.3. The first-order chi connectivity index (χ1) is 18.5. The lowest BCUT2D eigenvalue weighted by Gasteiger charge is -2.46. The number of amidine groups is 1. The standard InChI is InChI=1S/C26H32F4N6O3S/c1-13(2)14(3)34-22(38)25(6)15(4)24(5,36-23(31)40-25)17-9-16(7-8-18(17)27)35-21(37)19-10-33-20(11-32-19)39-12-26(28,29)30/h7-11,13-15H,12H2,1-6H3,(H2,31,36)(H,34,38)(H,35,37)/t14-,15?,24+,25+/m1/s1. The Morgan fingerprint density at radius 1 is 1.18 bits per heavy atom. The highest BCUT2D eigenvalue weighted by Crippen LogP contribution is 2.50. The molecule has 218 valence electrons. The zero-order valence-electron chi connectivity index (χ0n) is 22.9. The first kappa shape index (κ1) is 31.1. The van der Waals surface area contributed by atoms with Gasteiger partial charge in [-0.15, -0.1) is 0 Å². The highest BCUT2D eigenvalue weighted by Gasteiger charge is 2.54. The monoisotopic (exact) mass is 584 g/mol. The summed E-state index contributed by atoms with van der Waals surface area (Å²) in [6, 6.07) is 3.79. The highest BCUT2D eigenvalue weighted by molar-refractivity contribution is 8.15. The van der Waals surface area contributed by atoms with Gasteiger partial charge in [0, 0.05) is 23.2 Å². The van der Waals surface area contributed by atoms with Gasteiger partial charge >= 0.3 is 6.18 Å². The summed E-state index contributed by atoms with van der Waals surface area (Å²) in [5.41, 5.74) is 5.00. The van der Waals surface area contributed by atoms with Crippen LogP contribution >= 0.6 is 11.8 Å². The molecule has 4 atom stereocenters. The summed E-state index contributed by atoms with van der Waals surface area (Å²) in [5.74, 6) is -2.34. The molecule has 1 aliphatic rings. The lowest BCUT2D eigenvalue weighted by atomic mass is 9.73. The summed E-state index contributed by atoms with van der Waals surface area (Å²) in [6.45, 7) is 9.55. The number of rotatable bonds is 8. The van der Waals surface area contributed by atoms with Crippen LogP contribution in [-0.4, -0.2) is 50.5 Å². The Balaban J connectivity index is 1.86. The van der Waals surface area contributed by atoms with Crippen LogP contribution in [0.15, 0.2) is 35.6 Å². The van der Waals surface area contributed by atoms with Crippen molar-refractivity contribution in [1.29, 1.82) is 0 Å². The second-order valence-corrected chi connectivity index (χ2v) is 11.8. The van der Waals surface area contributed by atoms with Gasteiger partial charge in [-0.2, -0.15) is 13.2 Å². The maximum Gasteiger partial charge on any atom is 0.422 e. The number of carbonyl (C=O) groups excluding carboxylic acids is 2. The molecule has 2 aromatic rings. The number of halogens is 4. The van der Waals surface area contributed by atoms with E-state index in [1.54, 1.807) is 20.8 Å². The van der Waals surface area contributed by atoms with Gasteiger partial charge in [-0.25, -0.2) is 14.4 Å². The van der Waals surface area contributed by atoms with Crippen molar-refractivity contribution in [2.45, 2.75) is 64.0 Å². The number of hydrogen-bond donors (Lipinski definition) is 3. The SMILES string of the molecule is CC(C)[C@@H](C)NC(=O)[C@@]1(C)SC(N)=N[C@](C)(c2cc(NC(=O)c3cnc(OCC(F)(F)F)cn3)ccc2F)C1C. The molecule has 3 rings (SSSR count). The fraction of sp³-hybridized carbons (Fsp3) is 0.500. The van der Waals surface area contributed by atoms with Crippen LogP contribution in [0.4, 0.5) is 23.2 Å². The number of aliphatic imine (C=N–C) groups is 1. The molecule has 2 amide bonds. The molecule has 0 bridgehead atoms. The van der Waals surface area contributed by atoms with Gasteiger partial charge in [0.25, 0.3) is 5.91 Å². The Morgan fingerprint density at radius 3 is 2.42 bits per heavy atom. The number of anilines is 1. The van der Waals surface area contributed by atoms with Crippen LogP contribution in [0.25, 0.3) is 0 Å². The van der Waals surface area contributed by atoms with Gasteiger partial charge in [0.2, 0.25) is 11.8 Å². The third kappa shape index (κ3) is 6.83. The minimum absolute atomic E-state index is 0.105. The van der Waals surface area contributed by atoms with Crippen molar-refractivity contribution in [1.82, 2.24) is 15.3 Å². The third-order valence-electron chi connectivity index (χ3n) is 7.15. The first-order valence-electron chi connectivity index (χ1n) is 12.4. The van der Waals surface area contributed by atoms with Gasteiger partial charge < -0.3 is 21.1 Å². The Kier molecular flexibility index (Phi) is 9.02. The number of nitrogens with one attached hydrogen (secondary N) is 2. The predicted molar refractivity (Wildman–Crippen MR) is 145 cm³/mol. The summed E-state index contributed by atoms with van der Waals surface area (Å²) < 4.78 is 55.7. The molecule has 0 spiro atoms. The molecule has 4 N–H and O–H groups in total. The van der Waals surface area contributed by atoms with Crippen LogP contribution in [0.3, 0.4) is 0 Å². The molecule has 0 saturated carbocycles. The largest absolute Gasteiger partial charge is 0.467 e. The van der Waals surface area contributed by atoms with E-state index < -0.39 is 46.6 Å². The third-order valence-corrected chi connectivity index (χ3v) is 8.42. The van der Waals surface area contributed by atoms with Crippen LogP contribution in [0.2, 0.25) is 0 Å². The summed E-state index contributed by atoms with van der Waals surface area (Å²) in [7, 11) is 0. The molecule has 1 aromatic heterocycles. The minimum Gasteiger partial charge on any atom is -0.467 e. The van der Waals surface area contributed by atoms with Gasteiger partial charge in [0.15, 0.2) is 11.8 Å². The van der Waals surface area contributed by atoms with Gasteiger partial charge in [0.1, 0.15) is 16.3 Å². The summed E-state index contributed by atoms with van der Waals surface area (Å²) in [5, 5.41) is 5.71. The van der Waals surface area contributed by atoms with Crippen molar-refractivity contribution in [2.24, 2.45) is 22.6 Å². The molecule has 1 aromatic carbocycles. The van der Waals surface area contributed by atoms with E-state index in [0.29, 0.717) is 0 Å². The molecule has 1 aliphatic heterocycles. The number of ether oxygens (including phenoxy) is 1. The zero-order chi connectivity index (χ0) is 30.0. The summed E-state index contributed by atoms with van der Waals surface area (Å²) in [6.07, 6.45) is -2.70. The number of carbonyl (C=O) groups is 2. The number of benzene rings is 1. The Hall–Kier alpha value is -3.42. The van der Waals surface area contributed by atoms with Crippen LogP contribution in [0.1, 0.15) is 57.6 Å². The smallest absolute Gasteiger partial charge is 0.422 e. The van der Waals surface area contributed by atoms with Crippen LogP contribution in [0, 0.1) is 17.7 Å². The van der Waals surface area contributed by atoms with E-state index in [0.717, 1.165) is 30.2 Å². The average molecular weight is 585 g/mol. The number of aromatic nitrogens is 2. The van der Waals surface area contributed by atoms with Gasteiger partial charge in [-0.05, 0) is 44.9 Å². The van der Waals surface area contributed by atoms with E-state index in [-0.39, 0.29) is 40.0 Å². The van der Waals surface area contributed by atoms with Crippen molar-refractivity contribution < 1.29 is 31.9 Å². The molecule has 0 saturated heterocycles. The van der Waals surface area contributed by atoms with Gasteiger partial charge in [-0.1, -0.05) is 32.5 Å². The predicted octanol–water partition coefficient (Wildman–Crippen LogP) is 4.64. The number of amides is 2. The topological polar surface area (TPSA) is 132 Å². The highest BCUT2D eigenvalue weighted by atomic mass is 32.2. The van der Waals surface area contributed by atoms with Crippen molar-refractivity contribution >= 4 is 34.4 Å². The number of nitrogens with zero attached hydrogens (tertiary/aromatic N) is 3. The zero-order valence-corrected chi connectivity index (χ0v) is 23.7. The number of nitrogens with two attached hydrogens (primary N) is 1. The molecule has 40 heavy (non-hydrogen) atoms. The van der Waals surface area contributed by atoms with Crippen LogP contribution in [0.5, 0.6) is 5.88 Å². The number of thioether (sulfide) groups is 1. The molecular formula is C26H32F4N6O3S. The molecular weight excluding hydrogens is 552 g/mol. The Labute approximate surface area is 233 Å². The quantitative estimate of drug-likeness (QED) is 0.385. The van der Waals surface area contributed by atoms with E-state index in [2.05, 4.69) is 30.3 Å². The van der Waals surface area contributed by atoms with Crippen molar-refractivity contribution in [3.63, 3.8) is 0 Å². The molecule has 2 heterocycles. The van der Waals surface area contributed by atoms with E-state index >= 15 is 4.39 Å². The number of alkyl halides is 3. The maximum atomic E-state index is 15.3. The summed E-state index contributed by atoms with van der Waals surface area (Å²) >= 11 is 1.12. The van der Waals surface area contributed by atoms with Gasteiger partial charge in [0.05, 0.1) is 17.9 Å². The normalized spacial score (nSPS) is 23.8. The molecule has 0 fully saturated rings. The van der Waals surface area contributed by atoms with Crippen molar-refractivity contribution in [3.05, 3.63) is 47.7 Å². The van der Waals surface area contributed by atoms with E-state index in [1.165, 1.54) is 12.1 Å². The second-order valence-electron chi connectivity index (χ2n) is 10.3. The van der Waals surface area contributed by atoms with E-state index in [4.69, 9.17) is 5.73 Å². The summed E-state index contributed by atoms with van der Waals surface area (Å²) in [4.78, 5) is 38.1. The molecule has 9 nitrogen and oxygen atoms in total. The second kappa shape index (κ2) is 11.6. The molecule has 0 radical (unpaired) electrons. The Bertz CT molecular complexity index is 1290. The fourth-order valence-corrected chi connectivity index (χ4v) is 5.32. The lowest BCUT2D eigenvalue weighted by molar-refractivity contribution is -0.154. The van der Waals surface area contributed by atoms with E-state index in [1.807, 2.05) is 20.8 Å².